The number of aromatic nitrogens is 1. The van der Waals surface area contributed by atoms with Crippen LogP contribution in [0.15, 0.2) is 29.0 Å². The van der Waals surface area contributed by atoms with Gasteiger partial charge in [-0.1, -0.05) is 0 Å². The van der Waals surface area contributed by atoms with E-state index in [9.17, 15) is 4.79 Å². The molecule has 0 aliphatic rings. The number of allylic oxidation sites excluding steroid dienone is 1. The van der Waals surface area contributed by atoms with Crippen LogP contribution in [-0.2, 0) is 0 Å². The smallest absolute Gasteiger partial charge is 0.209 e. The molecule has 1 aromatic heterocycles. The molecule has 0 unspecified atom stereocenters. The van der Waals surface area contributed by atoms with Crippen LogP contribution in [-0.4, -0.2) is 36.9 Å². The summed E-state index contributed by atoms with van der Waals surface area (Å²) < 4.78 is 5.68. The van der Waals surface area contributed by atoms with Gasteiger partial charge in [-0.2, -0.15) is 0 Å². The van der Waals surface area contributed by atoms with E-state index in [1.165, 1.54) is 13.2 Å². The number of rotatable bonds is 4. The number of pyridine rings is 1. The maximum Gasteiger partial charge on any atom is 0.209 e. The van der Waals surface area contributed by atoms with E-state index in [0.717, 1.165) is 0 Å². The molecular formula is C11H13BrN2O2. The number of hydrogen-bond acceptors (Lipinski definition) is 4. The highest BCUT2D eigenvalue weighted by molar-refractivity contribution is 9.10. The van der Waals surface area contributed by atoms with Gasteiger partial charge in [0.1, 0.15) is 10.4 Å². The van der Waals surface area contributed by atoms with E-state index in [2.05, 4.69) is 20.9 Å². The standard InChI is InChI=1S/C11H13BrN2O2/c1-14(2)7-6-8(15)11-9(16-3)4-5-10(12)13-11/h4-7H,1-3H3. The zero-order valence-electron chi connectivity index (χ0n) is 9.40. The quantitative estimate of drug-likeness (QED) is 0.483. The third-order valence-electron chi connectivity index (χ3n) is 1.80. The molecule has 0 saturated heterocycles. The molecule has 0 aliphatic carbocycles. The number of halogens is 1. The summed E-state index contributed by atoms with van der Waals surface area (Å²) in [5.74, 6) is 0.281. The van der Waals surface area contributed by atoms with E-state index in [0.29, 0.717) is 16.0 Å². The molecule has 1 aromatic rings. The zero-order chi connectivity index (χ0) is 12.1. The van der Waals surface area contributed by atoms with Crippen molar-refractivity contribution >= 4 is 21.7 Å². The Morgan fingerprint density at radius 2 is 2.19 bits per heavy atom. The predicted molar refractivity (Wildman–Crippen MR) is 65.6 cm³/mol. The number of nitrogens with zero attached hydrogens (tertiary/aromatic N) is 2. The second kappa shape index (κ2) is 5.65. The molecule has 1 rings (SSSR count). The van der Waals surface area contributed by atoms with E-state index in [1.807, 2.05) is 14.1 Å². The van der Waals surface area contributed by atoms with Gasteiger partial charge < -0.3 is 9.64 Å². The predicted octanol–water partition coefficient (Wildman–Crippen LogP) is 2.11. The first-order valence-corrected chi connectivity index (χ1v) is 5.43. The van der Waals surface area contributed by atoms with Crippen LogP contribution < -0.4 is 4.74 Å². The van der Waals surface area contributed by atoms with Gasteiger partial charge in [-0.15, -0.1) is 0 Å². The van der Waals surface area contributed by atoms with Gasteiger partial charge in [-0.05, 0) is 28.1 Å². The van der Waals surface area contributed by atoms with Crippen LogP contribution in [0.3, 0.4) is 0 Å². The number of ether oxygens (including phenoxy) is 1. The molecule has 0 N–H and O–H groups in total. The van der Waals surface area contributed by atoms with Gasteiger partial charge in [0, 0.05) is 26.4 Å². The van der Waals surface area contributed by atoms with Crippen molar-refractivity contribution in [1.82, 2.24) is 9.88 Å². The topological polar surface area (TPSA) is 42.4 Å². The second-order valence-electron chi connectivity index (χ2n) is 3.33. The monoisotopic (exact) mass is 284 g/mol. The van der Waals surface area contributed by atoms with E-state index in [4.69, 9.17) is 4.74 Å². The molecular weight excluding hydrogens is 272 g/mol. The number of ketones is 1. The van der Waals surface area contributed by atoms with Crippen LogP contribution in [0.5, 0.6) is 5.75 Å². The molecule has 0 fully saturated rings. The van der Waals surface area contributed by atoms with Gasteiger partial charge in [-0.25, -0.2) is 4.98 Å². The van der Waals surface area contributed by atoms with E-state index < -0.39 is 0 Å². The average molecular weight is 285 g/mol. The lowest BCUT2D eigenvalue weighted by Gasteiger charge is -2.06. The molecule has 0 radical (unpaired) electrons. The van der Waals surface area contributed by atoms with Gasteiger partial charge in [0.05, 0.1) is 7.11 Å². The van der Waals surface area contributed by atoms with E-state index in [-0.39, 0.29) is 5.78 Å². The lowest BCUT2D eigenvalue weighted by Crippen LogP contribution is -2.06. The normalized spacial score (nSPS) is 10.5. The SMILES string of the molecule is COc1ccc(Br)nc1C(=O)C=CN(C)C. The summed E-state index contributed by atoms with van der Waals surface area (Å²) in [6, 6.07) is 3.43. The Morgan fingerprint density at radius 1 is 1.50 bits per heavy atom. The minimum atomic E-state index is -0.188. The maximum absolute atomic E-state index is 11.8. The van der Waals surface area contributed by atoms with E-state index >= 15 is 0 Å². The van der Waals surface area contributed by atoms with Crippen LogP contribution >= 0.6 is 15.9 Å². The van der Waals surface area contributed by atoms with Crippen LogP contribution in [0.2, 0.25) is 0 Å². The molecule has 1 heterocycles. The third-order valence-corrected chi connectivity index (χ3v) is 2.24. The Labute approximate surface area is 103 Å². The van der Waals surface area contributed by atoms with Crippen molar-refractivity contribution in [3.05, 3.63) is 34.7 Å². The summed E-state index contributed by atoms with van der Waals surface area (Å²) in [4.78, 5) is 17.7. The van der Waals surface area contributed by atoms with Gasteiger partial charge in [0.15, 0.2) is 5.69 Å². The molecule has 4 nitrogen and oxygen atoms in total. The molecule has 0 saturated carbocycles. The fourth-order valence-corrected chi connectivity index (χ4v) is 1.37. The van der Waals surface area contributed by atoms with Crippen molar-refractivity contribution < 1.29 is 9.53 Å². The Balaban J connectivity index is 3.02. The van der Waals surface area contributed by atoms with Crippen molar-refractivity contribution in [3.63, 3.8) is 0 Å². The molecule has 0 amide bonds. The highest BCUT2D eigenvalue weighted by Gasteiger charge is 2.11. The fraction of sp³-hybridized carbons (Fsp3) is 0.273. The van der Waals surface area contributed by atoms with Crippen LogP contribution in [0.4, 0.5) is 0 Å². The van der Waals surface area contributed by atoms with Crippen molar-refractivity contribution in [3.8, 4) is 5.75 Å². The molecule has 0 bridgehead atoms. The van der Waals surface area contributed by atoms with Crippen LogP contribution in [0.25, 0.3) is 0 Å². The zero-order valence-corrected chi connectivity index (χ0v) is 11.0. The fourth-order valence-electron chi connectivity index (χ4n) is 1.06. The average Bonchev–Trinajstić information content (AvgIpc) is 2.25. The first-order valence-electron chi connectivity index (χ1n) is 4.64. The second-order valence-corrected chi connectivity index (χ2v) is 4.14. The van der Waals surface area contributed by atoms with Gasteiger partial charge in [0.2, 0.25) is 5.78 Å². The van der Waals surface area contributed by atoms with Crippen LogP contribution in [0, 0.1) is 0 Å². The minimum Gasteiger partial charge on any atom is -0.494 e. The van der Waals surface area contributed by atoms with E-state index in [1.54, 1.807) is 23.2 Å². The summed E-state index contributed by atoms with van der Waals surface area (Å²) in [6.45, 7) is 0. The largest absolute Gasteiger partial charge is 0.494 e. The van der Waals surface area contributed by atoms with Crippen molar-refractivity contribution in [2.75, 3.05) is 21.2 Å². The summed E-state index contributed by atoms with van der Waals surface area (Å²) in [7, 11) is 5.20. The summed E-state index contributed by atoms with van der Waals surface area (Å²) >= 11 is 3.22. The summed E-state index contributed by atoms with van der Waals surface area (Å²) in [6.07, 6.45) is 3.13. The third kappa shape index (κ3) is 3.34. The molecule has 0 spiro atoms. The molecule has 16 heavy (non-hydrogen) atoms. The van der Waals surface area contributed by atoms with Crippen molar-refractivity contribution in [2.24, 2.45) is 0 Å². The molecule has 0 atom stereocenters. The number of carbonyl (C=O) groups excluding carboxylic acids is 1. The van der Waals surface area contributed by atoms with Crippen LogP contribution in [0.1, 0.15) is 10.5 Å². The number of hydrogen-bond donors (Lipinski definition) is 0. The highest BCUT2D eigenvalue weighted by atomic mass is 79.9. The molecule has 5 heteroatoms. The Kier molecular flexibility index (Phi) is 4.49. The van der Waals surface area contributed by atoms with Crippen molar-refractivity contribution in [2.45, 2.75) is 0 Å². The first kappa shape index (κ1) is 12.7. The van der Waals surface area contributed by atoms with Gasteiger partial charge >= 0.3 is 0 Å². The number of carbonyl (C=O) groups is 1. The maximum atomic E-state index is 11.8. The first-order chi connectivity index (χ1) is 7.54. The lowest BCUT2D eigenvalue weighted by atomic mass is 10.2. The Morgan fingerprint density at radius 3 is 2.75 bits per heavy atom. The minimum absolute atomic E-state index is 0.188. The summed E-state index contributed by atoms with van der Waals surface area (Å²) in [5.41, 5.74) is 0.301. The highest BCUT2D eigenvalue weighted by Crippen LogP contribution is 2.19. The Bertz CT molecular complexity index is 416. The van der Waals surface area contributed by atoms with Gasteiger partial charge in [0.25, 0.3) is 0 Å². The summed E-state index contributed by atoms with van der Waals surface area (Å²) in [5, 5.41) is 0. The van der Waals surface area contributed by atoms with Crippen molar-refractivity contribution in [1.29, 1.82) is 0 Å². The lowest BCUT2D eigenvalue weighted by molar-refractivity contribution is 0.103. The molecule has 0 aromatic carbocycles. The Hall–Kier alpha value is -1.36. The number of methoxy groups -OCH3 is 1. The molecule has 86 valence electrons. The van der Waals surface area contributed by atoms with Gasteiger partial charge in [-0.3, -0.25) is 4.79 Å². The molecule has 0 aliphatic heterocycles.